The van der Waals surface area contributed by atoms with Gasteiger partial charge in [0, 0.05) is 6.20 Å². The molecular formula is C16H15N5O2. The Bertz CT molecular complexity index is 784. The standard InChI is InChI=1S/C16H15N5O2/c1-23-16(22)14-7-8-15(20-19-14)18-13-9-17-21(11-13)10-12-5-3-2-4-6-12/h2-9,11H,10H2,1H3,(H,18,20). The van der Waals surface area contributed by atoms with Crippen LogP contribution in [0.4, 0.5) is 11.5 Å². The Hall–Kier alpha value is -3.22. The number of nitrogens with zero attached hydrogens (tertiary/aromatic N) is 4. The van der Waals surface area contributed by atoms with Gasteiger partial charge in [-0.1, -0.05) is 30.3 Å². The second-order valence-electron chi connectivity index (χ2n) is 4.83. The first kappa shape index (κ1) is 14.7. The first-order valence-corrected chi connectivity index (χ1v) is 7.00. The molecule has 1 N–H and O–H groups in total. The summed E-state index contributed by atoms with van der Waals surface area (Å²) in [5.74, 6) is 0.0108. The van der Waals surface area contributed by atoms with Crippen molar-refractivity contribution in [1.29, 1.82) is 0 Å². The van der Waals surface area contributed by atoms with Crippen LogP contribution in [0, 0.1) is 0 Å². The summed E-state index contributed by atoms with van der Waals surface area (Å²) in [6.07, 6.45) is 3.59. The van der Waals surface area contributed by atoms with Crippen molar-refractivity contribution < 1.29 is 9.53 Å². The van der Waals surface area contributed by atoms with Crippen LogP contribution in [0.25, 0.3) is 0 Å². The third kappa shape index (κ3) is 3.70. The van der Waals surface area contributed by atoms with Crippen molar-refractivity contribution in [3.8, 4) is 0 Å². The van der Waals surface area contributed by atoms with E-state index in [1.54, 1.807) is 18.3 Å². The zero-order chi connectivity index (χ0) is 16.1. The Balaban J connectivity index is 1.66. The van der Waals surface area contributed by atoms with Crippen LogP contribution in [0.5, 0.6) is 0 Å². The van der Waals surface area contributed by atoms with E-state index in [2.05, 4.69) is 25.3 Å². The van der Waals surface area contributed by atoms with Gasteiger partial charge in [-0.3, -0.25) is 4.68 Å². The third-order valence-electron chi connectivity index (χ3n) is 3.15. The highest BCUT2D eigenvalue weighted by atomic mass is 16.5. The summed E-state index contributed by atoms with van der Waals surface area (Å²) >= 11 is 0. The number of methoxy groups -OCH3 is 1. The second kappa shape index (κ2) is 6.69. The number of aromatic nitrogens is 4. The topological polar surface area (TPSA) is 81.9 Å². The van der Waals surface area contributed by atoms with Crippen LogP contribution in [0.2, 0.25) is 0 Å². The number of carbonyl (C=O) groups excluding carboxylic acids is 1. The number of anilines is 2. The summed E-state index contributed by atoms with van der Waals surface area (Å²) in [5.41, 5.74) is 2.13. The molecule has 2 aromatic heterocycles. The Morgan fingerprint density at radius 2 is 2.00 bits per heavy atom. The number of benzene rings is 1. The highest BCUT2D eigenvalue weighted by Gasteiger charge is 2.08. The molecule has 116 valence electrons. The third-order valence-corrected chi connectivity index (χ3v) is 3.15. The highest BCUT2D eigenvalue weighted by Crippen LogP contribution is 2.13. The summed E-state index contributed by atoms with van der Waals surface area (Å²) < 4.78 is 6.41. The van der Waals surface area contributed by atoms with Crippen LogP contribution in [-0.2, 0) is 11.3 Å². The average Bonchev–Trinajstić information content (AvgIpc) is 3.02. The summed E-state index contributed by atoms with van der Waals surface area (Å²) in [5, 5.41) is 15.1. The Morgan fingerprint density at radius 1 is 1.17 bits per heavy atom. The molecule has 1 aromatic carbocycles. The quantitative estimate of drug-likeness (QED) is 0.728. The maximum absolute atomic E-state index is 11.3. The smallest absolute Gasteiger partial charge is 0.358 e. The summed E-state index contributed by atoms with van der Waals surface area (Å²) in [7, 11) is 1.30. The van der Waals surface area contributed by atoms with Crippen LogP contribution >= 0.6 is 0 Å². The molecule has 0 saturated carbocycles. The number of esters is 1. The lowest BCUT2D eigenvalue weighted by Gasteiger charge is -2.03. The minimum atomic E-state index is -0.514. The zero-order valence-electron chi connectivity index (χ0n) is 12.5. The predicted molar refractivity (Wildman–Crippen MR) is 84.4 cm³/mol. The number of ether oxygens (including phenoxy) is 1. The summed E-state index contributed by atoms with van der Waals surface area (Å²) in [6, 6.07) is 13.3. The Kier molecular flexibility index (Phi) is 4.28. The summed E-state index contributed by atoms with van der Waals surface area (Å²) in [6.45, 7) is 0.690. The van der Waals surface area contributed by atoms with Gasteiger partial charge in [0.25, 0.3) is 0 Å². The van der Waals surface area contributed by atoms with Crippen molar-refractivity contribution in [3.63, 3.8) is 0 Å². The predicted octanol–water partition coefficient (Wildman–Crippen LogP) is 2.25. The van der Waals surface area contributed by atoms with E-state index in [1.807, 2.05) is 41.2 Å². The van der Waals surface area contributed by atoms with E-state index in [0.29, 0.717) is 12.4 Å². The molecule has 3 aromatic rings. The van der Waals surface area contributed by atoms with Gasteiger partial charge in [-0.2, -0.15) is 5.10 Å². The van der Waals surface area contributed by atoms with Crippen molar-refractivity contribution in [2.45, 2.75) is 6.54 Å². The van der Waals surface area contributed by atoms with E-state index in [-0.39, 0.29) is 5.69 Å². The maximum atomic E-state index is 11.3. The maximum Gasteiger partial charge on any atom is 0.358 e. The molecule has 0 aliphatic heterocycles. The van der Waals surface area contributed by atoms with E-state index in [9.17, 15) is 4.79 Å². The van der Waals surface area contributed by atoms with Crippen molar-refractivity contribution in [3.05, 3.63) is 66.1 Å². The molecule has 7 nitrogen and oxygen atoms in total. The lowest BCUT2D eigenvalue weighted by Crippen LogP contribution is -2.06. The molecule has 2 heterocycles. The Morgan fingerprint density at radius 3 is 2.70 bits per heavy atom. The molecule has 0 saturated heterocycles. The van der Waals surface area contributed by atoms with Crippen LogP contribution in [-0.4, -0.2) is 33.1 Å². The molecule has 0 aliphatic carbocycles. The van der Waals surface area contributed by atoms with Gasteiger partial charge < -0.3 is 10.1 Å². The minimum absolute atomic E-state index is 0.165. The van der Waals surface area contributed by atoms with Crippen LogP contribution < -0.4 is 5.32 Å². The van der Waals surface area contributed by atoms with Gasteiger partial charge in [-0.15, -0.1) is 10.2 Å². The molecule has 0 amide bonds. The number of hydrogen-bond acceptors (Lipinski definition) is 6. The molecular weight excluding hydrogens is 294 g/mol. The fraction of sp³-hybridized carbons (Fsp3) is 0.125. The largest absolute Gasteiger partial charge is 0.464 e. The number of nitrogens with one attached hydrogen (secondary N) is 1. The SMILES string of the molecule is COC(=O)c1ccc(Nc2cnn(Cc3ccccc3)c2)nn1. The zero-order valence-corrected chi connectivity index (χ0v) is 12.5. The van der Waals surface area contributed by atoms with Crippen LogP contribution in [0.15, 0.2) is 54.9 Å². The molecule has 0 spiro atoms. The molecule has 0 fully saturated rings. The van der Waals surface area contributed by atoms with E-state index in [0.717, 1.165) is 5.69 Å². The van der Waals surface area contributed by atoms with E-state index in [4.69, 9.17) is 0 Å². The van der Waals surface area contributed by atoms with E-state index < -0.39 is 5.97 Å². The van der Waals surface area contributed by atoms with E-state index >= 15 is 0 Å². The second-order valence-corrected chi connectivity index (χ2v) is 4.83. The van der Waals surface area contributed by atoms with Gasteiger partial charge in [0.15, 0.2) is 11.5 Å². The summed E-state index contributed by atoms with van der Waals surface area (Å²) in [4.78, 5) is 11.3. The average molecular weight is 309 g/mol. The molecule has 0 radical (unpaired) electrons. The van der Waals surface area contributed by atoms with Crippen molar-refractivity contribution in [2.24, 2.45) is 0 Å². The number of rotatable bonds is 5. The van der Waals surface area contributed by atoms with Gasteiger partial charge >= 0.3 is 5.97 Å². The Labute approximate surface area is 132 Å². The van der Waals surface area contributed by atoms with Crippen molar-refractivity contribution in [2.75, 3.05) is 12.4 Å². The first-order valence-electron chi connectivity index (χ1n) is 7.00. The van der Waals surface area contributed by atoms with Gasteiger partial charge in [0.2, 0.25) is 0 Å². The normalized spacial score (nSPS) is 10.3. The lowest BCUT2D eigenvalue weighted by atomic mass is 10.2. The van der Waals surface area contributed by atoms with Gasteiger partial charge in [-0.05, 0) is 17.7 Å². The fourth-order valence-corrected chi connectivity index (χ4v) is 2.05. The fourth-order valence-electron chi connectivity index (χ4n) is 2.05. The first-order chi connectivity index (χ1) is 11.2. The van der Waals surface area contributed by atoms with Crippen LogP contribution in [0.1, 0.15) is 16.1 Å². The molecule has 0 bridgehead atoms. The molecule has 7 heteroatoms. The van der Waals surface area contributed by atoms with Gasteiger partial charge in [0.1, 0.15) is 0 Å². The lowest BCUT2D eigenvalue weighted by molar-refractivity contribution is 0.0593. The molecule has 0 atom stereocenters. The number of carbonyl (C=O) groups is 1. The van der Waals surface area contributed by atoms with Gasteiger partial charge in [-0.25, -0.2) is 4.79 Å². The van der Waals surface area contributed by atoms with Crippen LogP contribution in [0.3, 0.4) is 0 Å². The van der Waals surface area contributed by atoms with Crippen molar-refractivity contribution >= 4 is 17.5 Å². The number of hydrogen-bond donors (Lipinski definition) is 1. The van der Waals surface area contributed by atoms with Crippen molar-refractivity contribution in [1.82, 2.24) is 20.0 Å². The molecule has 3 rings (SSSR count). The molecule has 0 unspecified atom stereocenters. The van der Waals surface area contributed by atoms with Gasteiger partial charge in [0.05, 0.1) is 25.5 Å². The highest BCUT2D eigenvalue weighted by molar-refractivity contribution is 5.87. The molecule has 23 heavy (non-hydrogen) atoms. The minimum Gasteiger partial charge on any atom is -0.464 e. The molecule has 0 aliphatic rings. The van der Waals surface area contributed by atoms with E-state index in [1.165, 1.54) is 12.7 Å². The monoisotopic (exact) mass is 309 g/mol.